The first kappa shape index (κ1) is 46.9. The number of carbonyl (C=O) groups is 8. The number of carboxylic acids is 8. The van der Waals surface area contributed by atoms with Crippen LogP contribution in [-0.4, -0.2) is 138 Å². The minimum absolute atomic E-state index is 0. The normalized spacial score (nSPS) is 8.49. The summed E-state index contributed by atoms with van der Waals surface area (Å²) in [4.78, 5) is 80.4. The molecule has 0 fully saturated rings. The van der Waals surface area contributed by atoms with E-state index in [1.807, 2.05) is 0 Å². The molecule has 0 aromatic carbocycles. The summed E-state index contributed by atoms with van der Waals surface area (Å²) in [7, 11) is 0. The third kappa shape index (κ3) is 98.4. The van der Waals surface area contributed by atoms with Crippen molar-refractivity contribution in [3.63, 3.8) is 0 Å². The predicted molar refractivity (Wildman–Crippen MR) is 118 cm³/mol. The van der Waals surface area contributed by atoms with E-state index in [2.05, 4.69) is 0 Å². The molecule has 0 spiro atoms. The second-order valence-electron chi connectivity index (χ2n) is 6.07. The molecule has 0 saturated heterocycles. The van der Waals surface area contributed by atoms with Crippen LogP contribution in [0, 0.1) is 0 Å². The fourth-order valence-corrected chi connectivity index (χ4v) is 1.48. The maximum Gasteiger partial charge on any atom is 1.00 e. The SMILES string of the molecule is CC(=O)O.CC(=O)O.CC(=O)O.CC(=O)O.O=C(O)CN(CCN(CC(=O)O)CC(=O)O)CC(=O)O.[H-].[Na+]. The first-order chi connectivity index (χ1) is 16.1. The molecule has 0 radical (unpaired) electrons. The minimum Gasteiger partial charge on any atom is -1.00 e. The molecule has 212 valence electrons. The molecule has 0 unspecified atom stereocenters. The fraction of sp³-hybridized carbons (Fsp3) is 0.556. The number of carboxylic acid groups (broad SMARTS) is 8. The number of aliphatic carboxylic acids is 8. The van der Waals surface area contributed by atoms with Crippen LogP contribution >= 0.6 is 0 Å². The molecule has 0 amide bonds. The summed E-state index contributed by atoms with van der Waals surface area (Å²) >= 11 is 0. The van der Waals surface area contributed by atoms with Gasteiger partial charge in [0.1, 0.15) is 0 Å². The van der Waals surface area contributed by atoms with Gasteiger partial charge in [0, 0.05) is 40.8 Å². The van der Waals surface area contributed by atoms with E-state index in [9.17, 15) is 19.2 Å². The van der Waals surface area contributed by atoms with Crippen molar-refractivity contribution < 1.29 is 110 Å². The van der Waals surface area contributed by atoms with Crippen LogP contribution in [0.5, 0.6) is 0 Å². The largest absolute Gasteiger partial charge is 1.00 e. The molecule has 0 atom stereocenters. The van der Waals surface area contributed by atoms with Crippen LogP contribution in [0.15, 0.2) is 0 Å². The van der Waals surface area contributed by atoms with Crippen molar-refractivity contribution in [3.05, 3.63) is 0 Å². The van der Waals surface area contributed by atoms with Crippen molar-refractivity contribution in [1.82, 2.24) is 9.80 Å². The van der Waals surface area contributed by atoms with Gasteiger partial charge < -0.3 is 42.3 Å². The molecule has 0 saturated carbocycles. The molecule has 0 aromatic rings. The maximum absolute atomic E-state index is 10.6. The van der Waals surface area contributed by atoms with Gasteiger partial charge in [-0.15, -0.1) is 0 Å². The Morgan fingerprint density at radius 3 is 0.622 bits per heavy atom. The van der Waals surface area contributed by atoms with E-state index in [1.54, 1.807) is 0 Å². The summed E-state index contributed by atoms with van der Waals surface area (Å²) in [5.74, 6) is -8.24. The summed E-state index contributed by atoms with van der Waals surface area (Å²) in [6, 6.07) is 0. The Bertz CT molecular complexity index is 603. The van der Waals surface area contributed by atoms with Crippen LogP contribution in [0.2, 0.25) is 0 Å². The molecular formula is C18H33N2NaO16. The average Bonchev–Trinajstić information content (AvgIpc) is 2.55. The second kappa shape index (κ2) is 30.7. The molecule has 0 aliphatic rings. The predicted octanol–water partition coefficient (Wildman–Crippen LogP) is -4.59. The standard InChI is InChI=1S/C10H16N2O8.4C2H4O2.Na.H/c13-7(14)3-11(4-8(15)16)1-2-12(5-9(17)18)6-10(19)20;4*1-2(3)4;;/h1-6H2,(H,13,14)(H,15,16)(H,17,18)(H,19,20);4*1H3,(H,3,4);;/q;;;;;+1;-1. The van der Waals surface area contributed by atoms with E-state index in [0.717, 1.165) is 37.5 Å². The van der Waals surface area contributed by atoms with Crippen LogP contribution < -0.4 is 29.6 Å². The third-order valence-electron chi connectivity index (χ3n) is 2.17. The first-order valence-electron chi connectivity index (χ1n) is 9.23. The maximum atomic E-state index is 10.6. The van der Waals surface area contributed by atoms with Crippen molar-refractivity contribution in [2.24, 2.45) is 0 Å². The Kier molecular flexibility index (Phi) is 39.0. The van der Waals surface area contributed by atoms with Gasteiger partial charge >= 0.3 is 53.4 Å². The van der Waals surface area contributed by atoms with Crippen molar-refractivity contribution in [2.75, 3.05) is 39.3 Å². The van der Waals surface area contributed by atoms with Gasteiger partial charge in [0.05, 0.1) is 26.2 Å². The van der Waals surface area contributed by atoms with Gasteiger partial charge in [-0.25, -0.2) is 0 Å². The molecule has 0 heterocycles. The zero-order chi connectivity index (χ0) is 30.0. The Morgan fingerprint density at radius 1 is 0.432 bits per heavy atom. The number of hydrogen-bond acceptors (Lipinski definition) is 10. The van der Waals surface area contributed by atoms with E-state index in [-0.39, 0.29) is 44.1 Å². The minimum atomic E-state index is -1.23. The summed E-state index contributed by atoms with van der Waals surface area (Å²) in [6.45, 7) is 2.08. The Hall–Kier alpha value is -3.32. The Labute approximate surface area is 234 Å². The molecule has 0 aliphatic heterocycles. The van der Waals surface area contributed by atoms with Crippen LogP contribution in [0.1, 0.15) is 29.1 Å². The van der Waals surface area contributed by atoms with Gasteiger partial charge in [0.15, 0.2) is 0 Å². The first-order valence-corrected chi connectivity index (χ1v) is 9.23. The zero-order valence-electron chi connectivity index (χ0n) is 22.0. The summed E-state index contributed by atoms with van der Waals surface area (Å²) in [6.07, 6.45) is 0. The van der Waals surface area contributed by atoms with Crippen molar-refractivity contribution in [2.45, 2.75) is 27.7 Å². The fourth-order valence-electron chi connectivity index (χ4n) is 1.48. The Balaban J connectivity index is -0.0000000873. The average molecular weight is 556 g/mol. The topological polar surface area (TPSA) is 305 Å². The van der Waals surface area contributed by atoms with Crippen molar-refractivity contribution in [3.8, 4) is 0 Å². The van der Waals surface area contributed by atoms with E-state index < -0.39 is 73.9 Å². The Morgan fingerprint density at radius 2 is 0.541 bits per heavy atom. The van der Waals surface area contributed by atoms with Crippen LogP contribution in [0.4, 0.5) is 0 Å². The molecular weight excluding hydrogens is 523 g/mol. The monoisotopic (exact) mass is 556 g/mol. The van der Waals surface area contributed by atoms with Gasteiger partial charge in [0.2, 0.25) is 0 Å². The van der Waals surface area contributed by atoms with E-state index in [1.165, 1.54) is 0 Å². The van der Waals surface area contributed by atoms with E-state index in [0.29, 0.717) is 0 Å². The molecule has 0 aromatic heterocycles. The van der Waals surface area contributed by atoms with Gasteiger partial charge in [-0.1, -0.05) is 0 Å². The van der Waals surface area contributed by atoms with Crippen LogP contribution in [0.3, 0.4) is 0 Å². The molecule has 18 nitrogen and oxygen atoms in total. The summed E-state index contributed by atoms with van der Waals surface area (Å²) in [5.41, 5.74) is 0. The van der Waals surface area contributed by atoms with Gasteiger partial charge in [-0.2, -0.15) is 0 Å². The van der Waals surface area contributed by atoms with E-state index in [4.69, 9.17) is 60.0 Å². The van der Waals surface area contributed by atoms with Gasteiger partial charge in [-0.05, 0) is 0 Å². The number of nitrogens with zero attached hydrogens (tertiary/aromatic N) is 2. The number of rotatable bonds is 11. The second-order valence-corrected chi connectivity index (χ2v) is 6.07. The van der Waals surface area contributed by atoms with Crippen LogP contribution in [-0.2, 0) is 38.4 Å². The quantitative estimate of drug-likeness (QED) is 0.111. The number of hydrogen-bond donors (Lipinski definition) is 8. The molecule has 0 bridgehead atoms. The molecule has 0 rings (SSSR count). The van der Waals surface area contributed by atoms with Crippen molar-refractivity contribution in [1.29, 1.82) is 0 Å². The third-order valence-corrected chi connectivity index (χ3v) is 2.17. The molecule has 8 N–H and O–H groups in total. The van der Waals surface area contributed by atoms with Crippen LogP contribution in [0.25, 0.3) is 0 Å². The smallest absolute Gasteiger partial charge is 1.00 e. The molecule has 19 heteroatoms. The molecule has 0 aliphatic carbocycles. The van der Waals surface area contributed by atoms with Gasteiger partial charge in [-0.3, -0.25) is 48.2 Å². The molecule has 37 heavy (non-hydrogen) atoms. The summed E-state index contributed by atoms with van der Waals surface area (Å²) in [5, 5.41) is 64.1. The van der Waals surface area contributed by atoms with Crippen molar-refractivity contribution >= 4 is 47.8 Å². The zero-order valence-corrected chi connectivity index (χ0v) is 23.0. The van der Waals surface area contributed by atoms with Gasteiger partial charge in [0.25, 0.3) is 23.9 Å². The van der Waals surface area contributed by atoms with E-state index >= 15 is 0 Å². The summed E-state index contributed by atoms with van der Waals surface area (Å²) < 4.78 is 0.